The van der Waals surface area contributed by atoms with Crippen molar-refractivity contribution in [2.45, 2.75) is 23.8 Å². The zero-order valence-electron chi connectivity index (χ0n) is 9.27. The standard InChI is InChI=1S/C11H16N2OS2/c1-13(8-2-3-8)5-4-12-11(14)10-6-9(15)7-16-10/h6-8,15H,2-5H2,1H3,(H,12,14). The molecule has 0 radical (unpaired) electrons. The van der Waals surface area contributed by atoms with Crippen molar-refractivity contribution in [3.8, 4) is 0 Å². The minimum absolute atomic E-state index is 0.00879. The van der Waals surface area contributed by atoms with Gasteiger partial charge in [-0.3, -0.25) is 4.79 Å². The minimum atomic E-state index is 0.00879. The second kappa shape index (κ2) is 5.21. The molecule has 1 aliphatic carbocycles. The molecule has 1 amide bonds. The van der Waals surface area contributed by atoms with Crippen LogP contribution in [0.25, 0.3) is 0 Å². The number of thiophene rings is 1. The molecule has 0 unspecified atom stereocenters. The summed E-state index contributed by atoms with van der Waals surface area (Å²) in [5, 5.41) is 4.79. The van der Waals surface area contributed by atoms with Crippen LogP contribution in [0.5, 0.6) is 0 Å². The summed E-state index contributed by atoms with van der Waals surface area (Å²) in [4.78, 5) is 15.6. The van der Waals surface area contributed by atoms with Crippen LogP contribution in [-0.2, 0) is 0 Å². The normalized spacial score (nSPS) is 15.4. The molecular weight excluding hydrogens is 240 g/mol. The van der Waals surface area contributed by atoms with Gasteiger partial charge in [0.1, 0.15) is 0 Å². The topological polar surface area (TPSA) is 32.3 Å². The van der Waals surface area contributed by atoms with E-state index < -0.39 is 0 Å². The first-order valence-corrected chi connectivity index (χ1v) is 6.75. The van der Waals surface area contributed by atoms with Crippen LogP contribution in [0.2, 0.25) is 0 Å². The van der Waals surface area contributed by atoms with Gasteiger partial charge < -0.3 is 10.2 Å². The summed E-state index contributed by atoms with van der Waals surface area (Å²) in [6.07, 6.45) is 2.61. The van der Waals surface area contributed by atoms with E-state index in [2.05, 4.69) is 29.9 Å². The van der Waals surface area contributed by atoms with Crippen LogP contribution in [0.3, 0.4) is 0 Å². The highest BCUT2D eigenvalue weighted by Crippen LogP contribution is 2.24. The number of amides is 1. The van der Waals surface area contributed by atoms with Crippen molar-refractivity contribution < 1.29 is 4.79 Å². The number of likely N-dealkylation sites (N-methyl/N-ethyl adjacent to an activating group) is 1. The largest absolute Gasteiger partial charge is 0.350 e. The van der Waals surface area contributed by atoms with Crippen molar-refractivity contribution in [2.75, 3.05) is 20.1 Å². The lowest BCUT2D eigenvalue weighted by Crippen LogP contribution is -2.33. The first kappa shape index (κ1) is 12.0. The van der Waals surface area contributed by atoms with Gasteiger partial charge in [0, 0.05) is 29.4 Å². The van der Waals surface area contributed by atoms with Crippen LogP contribution in [0.4, 0.5) is 0 Å². The van der Waals surface area contributed by atoms with E-state index in [0.29, 0.717) is 6.54 Å². The predicted octanol–water partition coefficient (Wildman–Crippen LogP) is 1.86. The zero-order valence-corrected chi connectivity index (χ0v) is 11.0. The molecular formula is C11H16N2OS2. The van der Waals surface area contributed by atoms with Crippen molar-refractivity contribution in [1.82, 2.24) is 10.2 Å². The molecule has 0 bridgehead atoms. The molecule has 2 rings (SSSR count). The van der Waals surface area contributed by atoms with E-state index in [-0.39, 0.29) is 5.91 Å². The van der Waals surface area contributed by atoms with Crippen molar-refractivity contribution in [3.63, 3.8) is 0 Å². The van der Waals surface area contributed by atoms with Gasteiger partial charge in [0.2, 0.25) is 0 Å². The molecule has 1 fully saturated rings. The van der Waals surface area contributed by atoms with E-state index in [1.165, 1.54) is 24.2 Å². The summed E-state index contributed by atoms with van der Waals surface area (Å²) < 4.78 is 0. The summed E-state index contributed by atoms with van der Waals surface area (Å²) in [5.74, 6) is 0.00879. The second-order valence-electron chi connectivity index (χ2n) is 4.14. The quantitative estimate of drug-likeness (QED) is 0.788. The Bertz CT molecular complexity index is 374. The Balaban J connectivity index is 1.71. The maximum Gasteiger partial charge on any atom is 0.261 e. The molecule has 1 N–H and O–H groups in total. The summed E-state index contributed by atoms with van der Waals surface area (Å²) in [6, 6.07) is 2.55. The van der Waals surface area contributed by atoms with Gasteiger partial charge in [-0.05, 0) is 26.0 Å². The average molecular weight is 256 g/mol. The molecule has 0 atom stereocenters. The number of carbonyl (C=O) groups is 1. The van der Waals surface area contributed by atoms with Crippen LogP contribution < -0.4 is 5.32 Å². The molecule has 1 saturated carbocycles. The van der Waals surface area contributed by atoms with Crippen LogP contribution in [0.15, 0.2) is 16.3 Å². The number of thiol groups is 1. The third-order valence-electron chi connectivity index (χ3n) is 2.73. The molecule has 1 heterocycles. The van der Waals surface area contributed by atoms with E-state index in [1.54, 1.807) is 6.07 Å². The lowest BCUT2D eigenvalue weighted by molar-refractivity contribution is 0.0953. The number of hydrogen-bond donors (Lipinski definition) is 2. The molecule has 5 heteroatoms. The maximum atomic E-state index is 11.7. The first-order valence-electron chi connectivity index (χ1n) is 5.43. The van der Waals surface area contributed by atoms with Gasteiger partial charge in [-0.1, -0.05) is 0 Å². The van der Waals surface area contributed by atoms with Crippen LogP contribution in [0.1, 0.15) is 22.5 Å². The second-order valence-corrected chi connectivity index (χ2v) is 5.56. The van der Waals surface area contributed by atoms with Gasteiger partial charge in [0.15, 0.2) is 0 Å². The highest BCUT2D eigenvalue weighted by atomic mass is 32.1. The summed E-state index contributed by atoms with van der Waals surface area (Å²) in [7, 11) is 2.11. The smallest absolute Gasteiger partial charge is 0.261 e. The molecule has 1 aliphatic rings. The minimum Gasteiger partial charge on any atom is -0.350 e. The van der Waals surface area contributed by atoms with Crippen molar-refractivity contribution in [1.29, 1.82) is 0 Å². The molecule has 0 aliphatic heterocycles. The van der Waals surface area contributed by atoms with Gasteiger partial charge in [0.05, 0.1) is 4.88 Å². The summed E-state index contributed by atoms with van der Waals surface area (Å²) in [5.41, 5.74) is 0. The Morgan fingerprint density at radius 1 is 1.69 bits per heavy atom. The fourth-order valence-electron chi connectivity index (χ4n) is 1.58. The van der Waals surface area contributed by atoms with E-state index in [9.17, 15) is 4.79 Å². The van der Waals surface area contributed by atoms with Crippen LogP contribution >= 0.6 is 24.0 Å². The average Bonchev–Trinajstić information content (AvgIpc) is 3.01. The Kier molecular flexibility index (Phi) is 3.89. The molecule has 3 nitrogen and oxygen atoms in total. The summed E-state index contributed by atoms with van der Waals surface area (Å²) in [6.45, 7) is 1.64. The summed E-state index contributed by atoms with van der Waals surface area (Å²) >= 11 is 5.61. The van der Waals surface area contributed by atoms with Gasteiger partial charge in [-0.25, -0.2) is 0 Å². The number of rotatable bonds is 5. The molecule has 1 aromatic rings. The van der Waals surface area contributed by atoms with Crippen LogP contribution in [0, 0.1) is 0 Å². The SMILES string of the molecule is CN(CCNC(=O)c1cc(S)cs1)C1CC1. The van der Waals surface area contributed by atoms with Gasteiger partial charge in [-0.15, -0.1) is 24.0 Å². The number of nitrogens with zero attached hydrogens (tertiary/aromatic N) is 1. The lowest BCUT2D eigenvalue weighted by atomic mass is 10.4. The van der Waals surface area contributed by atoms with Gasteiger partial charge in [0.25, 0.3) is 5.91 Å². The third-order valence-corrected chi connectivity index (χ3v) is 4.09. The Hall–Kier alpha value is -0.520. The molecule has 88 valence electrons. The number of hydrogen-bond acceptors (Lipinski definition) is 4. The molecule has 0 spiro atoms. The Morgan fingerprint density at radius 3 is 3.00 bits per heavy atom. The lowest BCUT2D eigenvalue weighted by Gasteiger charge is -2.15. The van der Waals surface area contributed by atoms with Crippen molar-refractivity contribution >= 4 is 29.9 Å². The zero-order chi connectivity index (χ0) is 11.5. The molecule has 0 aromatic carbocycles. The fraction of sp³-hybridized carbons (Fsp3) is 0.545. The van der Waals surface area contributed by atoms with Gasteiger partial charge in [-0.2, -0.15) is 0 Å². The highest BCUT2D eigenvalue weighted by molar-refractivity contribution is 7.80. The van der Waals surface area contributed by atoms with Crippen molar-refractivity contribution in [2.24, 2.45) is 0 Å². The van der Waals surface area contributed by atoms with E-state index in [4.69, 9.17) is 0 Å². The Morgan fingerprint density at radius 2 is 2.44 bits per heavy atom. The first-order chi connectivity index (χ1) is 7.66. The predicted molar refractivity (Wildman–Crippen MR) is 69.6 cm³/mol. The monoisotopic (exact) mass is 256 g/mol. The van der Waals surface area contributed by atoms with Gasteiger partial charge >= 0.3 is 0 Å². The molecule has 1 aromatic heterocycles. The number of nitrogens with one attached hydrogen (secondary N) is 1. The van der Waals surface area contributed by atoms with E-state index in [1.807, 2.05) is 5.38 Å². The molecule has 16 heavy (non-hydrogen) atoms. The molecule has 0 saturated heterocycles. The van der Waals surface area contributed by atoms with Crippen LogP contribution in [-0.4, -0.2) is 37.0 Å². The third kappa shape index (κ3) is 3.23. The fourth-order valence-corrected chi connectivity index (χ4v) is 2.64. The van der Waals surface area contributed by atoms with E-state index >= 15 is 0 Å². The van der Waals surface area contributed by atoms with Crippen molar-refractivity contribution in [3.05, 3.63) is 16.3 Å². The highest BCUT2D eigenvalue weighted by Gasteiger charge is 2.25. The number of carbonyl (C=O) groups excluding carboxylic acids is 1. The maximum absolute atomic E-state index is 11.7. The Labute approximate surface area is 105 Å². The van der Waals surface area contributed by atoms with E-state index in [0.717, 1.165) is 22.4 Å².